The molecule has 0 unspecified atom stereocenters. The molecule has 0 amide bonds. The van der Waals surface area contributed by atoms with Crippen molar-refractivity contribution < 1.29 is 4.74 Å². The van der Waals surface area contributed by atoms with Crippen LogP contribution < -0.4 is 4.74 Å². The zero-order valence-corrected chi connectivity index (χ0v) is 12.9. The molecular weight excluding hydrogens is 315 g/mol. The van der Waals surface area contributed by atoms with Gasteiger partial charge in [-0.1, -0.05) is 41.1 Å². The maximum Gasteiger partial charge on any atom is 0.280 e. The number of pyridine rings is 1. The molecule has 3 aromatic rings. The highest BCUT2D eigenvalue weighted by Gasteiger charge is 2.12. The summed E-state index contributed by atoms with van der Waals surface area (Å²) in [5.41, 5.74) is 1.75. The molecule has 0 fully saturated rings. The second-order valence-corrected chi connectivity index (χ2v) is 5.88. The Morgan fingerprint density at radius 1 is 1.20 bits per heavy atom. The first kappa shape index (κ1) is 13.6. The number of benzene rings is 1. The van der Waals surface area contributed by atoms with E-state index in [0.29, 0.717) is 22.0 Å². The van der Waals surface area contributed by atoms with Crippen LogP contribution in [-0.4, -0.2) is 9.97 Å². The molecular formula is C14H10Cl2N2OS. The third-order valence-electron chi connectivity index (χ3n) is 2.77. The van der Waals surface area contributed by atoms with Crippen molar-refractivity contribution in [3.8, 4) is 10.9 Å². The monoisotopic (exact) mass is 324 g/mol. The highest BCUT2D eigenvalue weighted by molar-refractivity contribution is 7.14. The Bertz CT molecular complexity index is 773. The van der Waals surface area contributed by atoms with Gasteiger partial charge in [0.1, 0.15) is 10.7 Å². The summed E-state index contributed by atoms with van der Waals surface area (Å²) >= 11 is 13.1. The standard InChI is InChI=1S/C14H10Cl2N2OS/c1-8-5-6-9-3-2-4-10(12(9)17-8)19-14-18-13(16)11(7-15)20-14/h2-6H,7H2,1H3. The average molecular weight is 325 g/mol. The van der Waals surface area contributed by atoms with Gasteiger partial charge in [-0.15, -0.1) is 11.6 Å². The Morgan fingerprint density at radius 2 is 2.05 bits per heavy atom. The van der Waals surface area contributed by atoms with Gasteiger partial charge in [-0.05, 0) is 19.1 Å². The van der Waals surface area contributed by atoms with Gasteiger partial charge in [0.15, 0.2) is 5.75 Å². The summed E-state index contributed by atoms with van der Waals surface area (Å²) in [7, 11) is 0. The first-order valence-corrected chi connectivity index (χ1v) is 7.65. The molecule has 0 aliphatic carbocycles. The van der Waals surface area contributed by atoms with Crippen LogP contribution in [0.1, 0.15) is 10.6 Å². The number of ether oxygens (including phenoxy) is 1. The van der Waals surface area contributed by atoms with Crippen molar-refractivity contribution in [3.05, 3.63) is 46.1 Å². The lowest BCUT2D eigenvalue weighted by atomic mass is 10.2. The zero-order valence-electron chi connectivity index (χ0n) is 10.6. The van der Waals surface area contributed by atoms with Gasteiger partial charge in [-0.2, -0.15) is 4.98 Å². The number of aromatic nitrogens is 2. The smallest absolute Gasteiger partial charge is 0.280 e. The number of hydrogen-bond donors (Lipinski definition) is 0. The molecule has 2 aromatic heterocycles. The van der Waals surface area contributed by atoms with Gasteiger partial charge in [-0.25, -0.2) is 4.98 Å². The van der Waals surface area contributed by atoms with Gasteiger partial charge < -0.3 is 4.74 Å². The number of aryl methyl sites for hydroxylation is 1. The van der Waals surface area contributed by atoms with Gasteiger partial charge in [0.05, 0.1) is 10.8 Å². The van der Waals surface area contributed by atoms with E-state index in [4.69, 9.17) is 27.9 Å². The number of hydrogen-bond acceptors (Lipinski definition) is 4. The summed E-state index contributed by atoms with van der Waals surface area (Å²) in [5, 5.41) is 1.89. The van der Waals surface area contributed by atoms with E-state index in [1.807, 2.05) is 37.3 Å². The Hall–Kier alpha value is -1.36. The summed E-state index contributed by atoms with van der Waals surface area (Å²) in [5.74, 6) is 0.991. The second kappa shape index (κ2) is 5.56. The lowest BCUT2D eigenvalue weighted by molar-refractivity contribution is 0.483. The van der Waals surface area contributed by atoms with Crippen LogP contribution in [0.2, 0.25) is 5.15 Å². The predicted molar refractivity (Wildman–Crippen MR) is 83.2 cm³/mol. The number of nitrogens with zero attached hydrogens (tertiary/aromatic N) is 2. The number of rotatable bonds is 3. The van der Waals surface area contributed by atoms with Crippen LogP contribution in [0.4, 0.5) is 0 Å². The Labute approximate surface area is 130 Å². The van der Waals surface area contributed by atoms with Gasteiger partial charge in [-0.3, -0.25) is 0 Å². The van der Waals surface area contributed by atoms with Crippen molar-refractivity contribution >= 4 is 45.4 Å². The minimum atomic E-state index is 0.326. The van der Waals surface area contributed by atoms with Gasteiger partial charge in [0.2, 0.25) is 0 Å². The van der Waals surface area contributed by atoms with Crippen LogP contribution in [0.5, 0.6) is 10.9 Å². The highest BCUT2D eigenvalue weighted by Crippen LogP contribution is 2.35. The topological polar surface area (TPSA) is 35.0 Å². The molecule has 0 saturated carbocycles. The van der Waals surface area contributed by atoms with Crippen LogP contribution in [0.15, 0.2) is 30.3 Å². The fourth-order valence-corrected chi connectivity index (χ4v) is 3.16. The number of thiazole rings is 1. The molecule has 3 nitrogen and oxygen atoms in total. The maximum absolute atomic E-state index is 5.97. The van der Waals surface area contributed by atoms with Crippen molar-refractivity contribution in [2.45, 2.75) is 12.8 Å². The van der Waals surface area contributed by atoms with Crippen LogP contribution >= 0.6 is 34.5 Å². The second-order valence-electron chi connectivity index (χ2n) is 4.21. The quantitative estimate of drug-likeness (QED) is 0.622. The molecule has 3 rings (SSSR count). The summed E-state index contributed by atoms with van der Waals surface area (Å²) in [4.78, 5) is 9.47. The van der Waals surface area contributed by atoms with Gasteiger partial charge in [0.25, 0.3) is 5.19 Å². The lowest BCUT2D eigenvalue weighted by Crippen LogP contribution is -1.89. The lowest BCUT2D eigenvalue weighted by Gasteiger charge is -2.06. The van der Waals surface area contributed by atoms with E-state index in [0.717, 1.165) is 21.5 Å². The fraction of sp³-hybridized carbons (Fsp3) is 0.143. The van der Waals surface area contributed by atoms with Crippen LogP contribution in [0.3, 0.4) is 0 Å². The third-order valence-corrected chi connectivity index (χ3v) is 4.55. The minimum Gasteiger partial charge on any atom is -0.429 e. The predicted octanol–water partition coefficient (Wildman–Crippen LogP) is 5.18. The molecule has 0 atom stereocenters. The molecule has 0 bridgehead atoms. The molecule has 6 heteroatoms. The summed E-state index contributed by atoms with van der Waals surface area (Å²) in [6.45, 7) is 1.95. The molecule has 0 saturated heterocycles. The normalized spacial score (nSPS) is 10.9. The number of halogens is 2. The van der Waals surface area contributed by atoms with E-state index in [-0.39, 0.29) is 0 Å². The Kier molecular flexibility index (Phi) is 3.78. The SMILES string of the molecule is Cc1ccc2cccc(Oc3nc(Cl)c(CCl)s3)c2n1. The molecule has 2 heterocycles. The van der Waals surface area contributed by atoms with Crippen molar-refractivity contribution in [1.29, 1.82) is 0 Å². The third kappa shape index (κ3) is 2.59. The molecule has 0 radical (unpaired) electrons. The first-order chi connectivity index (χ1) is 9.67. The summed E-state index contributed by atoms with van der Waals surface area (Å²) < 4.78 is 5.81. The van der Waals surface area contributed by atoms with Crippen LogP contribution in [0, 0.1) is 6.92 Å². The largest absolute Gasteiger partial charge is 0.429 e. The van der Waals surface area contributed by atoms with E-state index >= 15 is 0 Å². The van der Waals surface area contributed by atoms with Gasteiger partial charge in [0, 0.05) is 11.1 Å². The van der Waals surface area contributed by atoms with Crippen molar-refractivity contribution in [2.75, 3.05) is 0 Å². The maximum atomic E-state index is 5.97. The van der Waals surface area contributed by atoms with Crippen LogP contribution in [-0.2, 0) is 5.88 Å². The van der Waals surface area contributed by atoms with Crippen molar-refractivity contribution in [3.63, 3.8) is 0 Å². The highest BCUT2D eigenvalue weighted by atomic mass is 35.5. The minimum absolute atomic E-state index is 0.326. The fourth-order valence-electron chi connectivity index (χ4n) is 1.83. The Morgan fingerprint density at radius 3 is 2.80 bits per heavy atom. The van der Waals surface area contributed by atoms with Crippen LogP contribution in [0.25, 0.3) is 10.9 Å². The molecule has 20 heavy (non-hydrogen) atoms. The summed E-state index contributed by atoms with van der Waals surface area (Å²) in [6.07, 6.45) is 0. The van der Waals surface area contributed by atoms with E-state index in [9.17, 15) is 0 Å². The molecule has 1 aromatic carbocycles. The van der Waals surface area contributed by atoms with E-state index in [2.05, 4.69) is 9.97 Å². The summed E-state index contributed by atoms with van der Waals surface area (Å²) in [6, 6.07) is 9.77. The molecule has 0 N–H and O–H groups in total. The number of para-hydroxylation sites is 1. The molecule has 0 spiro atoms. The van der Waals surface area contributed by atoms with Gasteiger partial charge >= 0.3 is 0 Å². The van der Waals surface area contributed by atoms with E-state index in [1.54, 1.807) is 0 Å². The van der Waals surface area contributed by atoms with E-state index < -0.39 is 0 Å². The Balaban J connectivity index is 2.03. The first-order valence-electron chi connectivity index (χ1n) is 5.93. The molecule has 102 valence electrons. The molecule has 0 aliphatic heterocycles. The van der Waals surface area contributed by atoms with Crippen molar-refractivity contribution in [1.82, 2.24) is 9.97 Å². The zero-order chi connectivity index (χ0) is 14.1. The molecule has 0 aliphatic rings. The van der Waals surface area contributed by atoms with Crippen molar-refractivity contribution in [2.24, 2.45) is 0 Å². The number of fused-ring (bicyclic) bond motifs is 1. The average Bonchev–Trinajstić information content (AvgIpc) is 2.79. The number of alkyl halides is 1. The van der Waals surface area contributed by atoms with E-state index in [1.165, 1.54) is 11.3 Å².